The monoisotopic (exact) mass is 561 g/mol. The van der Waals surface area contributed by atoms with Gasteiger partial charge in [-0.15, -0.1) is 0 Å². The Morgan fingerprint density at radius 1 is 1.21 bits per heavy atom. The second-order valence-corrected chi connectivity index (χ2v) is 12.5. The summed E-state index contributed by atoms with van der Waals surface area (Å²) < 4.78 is 30.8. The molecule has 2 heterocycles. The molecule has 1 aliphatic rings. The Balaban J connectivity index is 1.50. The van der Waals surface area contributed by atoms with E-state index in [4.69, 9.17) is 9.57 Å². The van der Waals surface area contributed by atoms with Crippen LogP contribution >= 0.6 is 11.3 Å². The number of aliphatic hydroxyl groups is 1. The van der Waals surface area contributed by atoms with Crippen molar-refractivity contribution in [2.75, 3.05) is 39.2 Å². The average molecular weight is 562 g/mol. The van der Waals surface area contributed by atoms with E-state index in [2.05, 4.69) is 25.3 Å². The number of pyridine rings is 1. The van der Waals surface area contributed by atoms with Crippen molar-refractivity contribution in [1.82, 2.24) is 14.9 Å². The minimum atomic E-state index is -3.37. The van der Waals surface area contributed by atoms with Crippen LogP contribution in [0.1, 0.15) is 31.7 Å². The number of amides is 1. The predicted octanol–water partition coefficient (Wildman–Crippen LogP) is 2.70. The lowest BCUT2D eigenvalue weighted by Gasteiger charge is -2.10. The van der Waals surface area contributed by atoms with Crippen LogP contribution in [0.15, 0.2) is 46.4 Å². The highest BCUT2D eigenvalue weighted by Crippen LogP contribution is 2.33. The first-order valence-electron chi connectivity index (χ1n) is 12.2. The van der Waals surface area contributed by atoms with Gasteiger partial charge in [0.25, 0.3) is 5.91 Å². The second kappa shape index (κ2) is 12.2. The minimum Gasteiger partial charge on any atom is -0.478 e. The Hall–Kier alpha value is -3.13. The van der Waals surface area contributed by atoms with Crippen molar-refractivity contribution in [3.05, 3.63) is 42.0 Å². The number of hydrogen-bond acceptors (Lipinski definition) is 11. The Kier molecular flexibility index (Phi) is 8.92. The van der Waals surface area contributed by atoms with Crippen molar-refractivity contribution >= 4 is 48.3 Å². The van der Waals surface area contributed by atoms with Gasteiger partial charge in [-0.1, -0.05) is 28.6 Å². The molecular weight excluding hydrogens is 530 g/mol. The molecule has 0 aliphatic heterocycles. The molecule has 1 atom stereocenters. The summed E-state index contributed by atoms with van der Waals surface area (Å²) in [5.74, 6) is -0.125. The van der Waals surface area contributed by atoms with Crippen molar-refractivity contribution in [3.63, 3.8) is 0 Å². The molecule has 0 spiro atoms. The topological polar surface area (TPSA) is 143 Å². The fourth-order valence-electron chi connectivity index (χ4n) is 3.42. The Bertz CT molecular complexity index is 1400. The van der Waals surface area contributed by atoms with Crippen LogP contribution in [0.5, 0.6) is 5.88 Å². The number of sulfone groups is 1. The summed E-state index contributed by atoms with van der Waals surface area (Å²) in [5.41, 5.74) is 0.872. The Labute approximate surface area is 225 Å². The maximum Gasteiger partial charge on any atom is 0.280 e. The SMILES string of the molecule is C[C@H](CO)ON=C(C(=O)Nc1nc2ccc(OCCCN(C)C)nc2s1)c1ccc(S(=O)(=O)C2CC2)cc1. The summed E-state index contributed by atoms with van der Waals surface area (Å²) in [6.45, 7) is 2.75. The summed E-state index contributed by atoms with van der Waals surface area (Å²) >= 11 is 1.18. The van der Waals surface area contributed by atoms with Gasteiger partial charge in [-0.2, -0.15) is 0 Å². The zero-order chi connectivity index (χ0) is 27.3. The molecule has 0 bridgehead atoms. The third-order valence-electron chi connectivity index (χ3n) is 5.67. The molecule has 1 amide bonds. The predicted molar refractivity (Wildman–Crippen MR) is 146 cm³/mol. The van der Waals surface area contributed by atoms with E-state index in [0.717, 1.165) is 13.0 Å². The van der Waals surface area contributed by atoms with Crippen LogP contribution in [0.2, 0.25) is 0 Å². The van der Waals surface area contributed by atoms with E-state index in [1.807, 2.05) is 14.1 Å². The summed E-state index contributed by atoms with van der Waals surface area (Å²) in [6, 6.07) is 9.46. The number of aliphatic hydroxyl groups excluding tert-OH is 1. The van der Waals surface area contributed by atoms with Crippen molar-refractivity contribution in [2.24, 2.45) is 5.16 Å². The van der Waals surface area contributed by atoms with E-state index in [1.165, 1.54) is 35.6 Å². The maximum absolute atomic E-state index is 13.2. The fraction of sp³-hybridized carbons (Fsp3) is 0.440. The number of fused-ring (bicyclic) bond motifs is 1. The van der Waals surface area contributed by atoms with E-state index in [9.17, 15) is 18.3 Å². The van der Waals surface area contributed by atoms with E-state index >= 15 is 0 Å². The first-order chi connectivity index (χ1) is 18.2. The van der Waals surface area contributed by atoms with Crippen molar-refractivity contribution in [2.45, 2.75) is 42.4 Å². The summed E-state index contributed by atoms with van der Waals surface area (Å²) in [7, 11) is 0.634. The molecule has 1 aliphatic carbocycles. The first-order valence-corrected chi connectivity index (χ1v) is 14.6. The van der Waals surface area contributed by atoms with Crippen molar-refractivity contribution in [3.8, 4) is 5.88 Å². The molecule has 11 nitrogen and oxygen atoms in total. The lowest BCUT2D eigenvalue weighted by molar-refractivity contribution is -0.110. The van der Waals surface area contributed by atoms with Crippen LogP contribution in [0, 0.1) is 0 Å². The molecule has 2 N–H and O–H groups in total. The number of hydrogen-bond donors (Lipinski definition) is 2. The molecule has 38 heavy (non-hydrogen) atoms. The fourth-order valence-corrected chi connectivity index (χ4v) is 5.90. The van der Waals surface area contributed by atoms with Crippen molar-refractivity contribution in [1.29, 1.82) is 0 Å². The second-order valence-electron chi connectivity index (χ2n) is 9.26. The first kappa shape index (κ1) is 27.9. The lowest BCUT2D eigenvalue weighted by atomic mass is 10.1. The molecule has 13 heteroatoms. The van der Waals surface area contributed by atoms with Crippen LogP contribution < -0.4 is 10.1 Å². The molecule has 3 aromatic rings. The summed E-state index contributed by atoms with van der Waals surface area (Å²) in [6.07, 6.45) is 1.54. The highest BCUT2D eigenvalue weighted by molar-refractivity contribution is 7.92. The average Bonchev–Trinajstić information content (AvgIpc) is 3.68. The lowest BCUT2D eigenvalue weighted by Crippen LogP contribution is -2.25. The van der Waals surface area contributed by atoms with Gasteiger partial charge in [0.2, 0.25) is 5.88 Å². The zero-order valence-corrected chi connectivity index (χ0v) is 23.1. The molecule has 4 rings (SSSR count). The van der Waals surface area contributed by atoms with Gasteiger partial charge in [-0.25, -0.2) is 18.4 Å². The van der Waals surface area contributed by atoms with Gasteiger partial charge < -0.3 is 19.6 Å². The van der Waals surface area contributed by atoms with Crippen LogP contribution in [0.3, 0.4) is 0 Å². The number of nitrogens with zero attached hydrogens (tertiary/aromatic N) is 4. The summed E-state index contributed by atoms with van der Waals surface area (Å²) in [5, 5.41) is 15.9. The number of nitrogens with one attached hydrogen (secondary N) is 1. The van der Waals surface area contributed by atoms with Gasteiger partial charge in [0.15, 0.2) is 20.7 Å². The standard InChI is InChI=1S/C25H31N5O6S2/c1-16(15-31)36-29-22(17-5-7-18(8-6-17)38(33,34)19-9-10-19)23(32)28-25-26-20-11-12-21(27-24(20)37-25)35-14-4-13-30(2)3/h5-8,11-12,16,19,31H,4,9-10,13-15H2,1-3H3,(H,26,28,32)/t16-/m1/s1. The number of thiazole rings is 1. The van der Waals surface area contributed by atoms with Gasteiger partial charge in [-0.3, -0.25) is 10.1 Å². The third-order valence-corrected chi connectivity index (χ3v) is 8.82. The molecule has 0 saturated heterocycles. The smallest absolute Gasteiger partial charge is 0.280 e. The number of aromatic nitrogens is 2. The molecule has 1 saturated carbocycles. The van der Waals surface area contributed by atoms with Crippen LogP contribution in [0.25, 0.3) is 10.3 Å². The number of benzene rings is 1. The van der Waals surface area contributed by atoms with Gasteiger partial charge in [-0.05, 0) is 58.5 Å². The molecule has 0 radical (unpaired) electrons. The van der Waals surface area contributed by atoms with Crippen LogP contribution in [-0.2, 0) is 19.5 Å². The molecule has 2 aromatic heterocycles. The van der Waals surface area contributed by atoms with E-state index in [-0.39, 0.29) is 22.5 Å². The third kappa shape index (κ3) is 7.04. The maximum atomic E-state index is 13.2. The number of oxime groups is 1. The van der Waals surface area contributed by atoms with Crippen LogP contribution in [0.4, 0.5) is 5.13 Å². The molecule has 0 unspecified atom stereocenters. The zero-order valence-electron chi connectivity index (χ0n) is 21.5. The Morgan fingerprint density at radius 3 is 2.61 bits per heavy atom. The quantitative estimate of drug-likeness (QED) is 0.183. The van der Waals surface area contributed by atoms with Gasteiger partial charge in [0.1, 0.15) is 16.5 Å². The van der Waals surface area contributed by atoms with Crippen LogP contribution in [-0.4, -0.2) is 85.2 Å². The van der Waals surface area contributed by atoms with E-state index < -0.39 is 21.8 Å². The number of anilines is 1. The molecule has 1 fully saturated rings. The number of carbonyl (C=O) groups excluding carboxylic acids is 1. The van der Waals surface area contributed by atoms with Gasteiger partial charge >= 0.3 is 0 Å². The molecular formula is C25H31N5O6S2. The number of ether oxygens (including phenoxy) is 1. The Morgan fingerprint density at radius 2 is 1.95 bits per heavy atom. The van der Waals surface area contributed by atoms with E-state index in [1.54, 1.807) is 19.1 Å². The van der Waals surface area contributed by atoms with Gasteiger partial charge in [0.05, 0.1) is 23.4 Å². The van der Waals surface area contributed by atoms with Crippen molar-refractivity contribution < 1.29 is 27.9 Å². The molecule has 204 valence electrons. The minimum absolute atomic E-state index is 0.0854. The summed E-state index contributed by atoms with van der Waals surface area (Å²) in [4.78, 5) is 30.2. The van der Waals surface area contributed by atoms with E-state index in [0.29, 0.717) is 46.4 Å². The highest BCUT2D eigenvalue weighted by Gasteiger charge is 2.36. The highest BCUT2D eigenvalue weighted by atomic mass is 32.2. The number of carbonyl (C=O) groups is 1. The van der Waals surface area contributed by atoms with Gasteiger partial charge in [0, 0.05) is 18.2 Å². The largest absolute Gasteiger partial charge is 0.478 e. The molecule has 1 aromatic carbocycles. The number of rotatable bonds is 13. The normalized spacial score (nSPS) is 15.0.